The molecule has 4 aromatic rings. The zero-order chi connectivity index (χ0) is 46.4. The van der Waals surface area contributed by atoms with Gasteiger partial charge in [0.2, 0.25) is 0 Å². The van der Waals surface area contributed by atoms with E-state index in [2.05, 4.69) is 58.4 Å². The summed E-state index contributed by atoms with van der Waals surface area (Å²) in [6, 6.07) is 22.0. The molecule has 4 aliphatic rings. The second-order valence-electron chi connectivity index (χ2n) is 19.2. The summed E-state index contributed by atoms with van der Waals surface area (Å²) in [5.41, 5.74) is 10.5. The molecule has 2 saturated carbocycles. The molecule has 6 unspecified atom stereocenters. The van der Waals surface area contributed by atoms with Crippen molar-refractivity contribution in [3.05, 3.63) is 142 Å². The monoisotopic (exact) mass is 904 g/mol. The van der Waals surface area contributed by atoms with Crippen molar-refractivity contribution in [1.82, 2.24) is 16.0 Å². The van der Waals surface area contributed by atoms with Crippen LogP contribution in [0.4, 0.5) is 22.4 Å². The second-order valence-corrected chi connectivity index (χ2v) is 19.2. The fraction of sp³-hybridized carbons (Fsp3) is 0.510. The minimum absolute atomic E-state index is 0.0400. The second kappa shape index (κ2) is 21.0. The first-order valence-electron chi connectivity index (χ1n) is 22.9. The van der Waals surface area contributed by atoms with Crippen molar-refractivity contribution >= 4 is 6.09 Å². The largest absolute Gasteiger partial charge is 0.444 e. The first-order chi connectivity index (χ1) is 31.0. The van der Waals surface area contributed by atoms with Gasteiger partial charge in [0.1, 0.15) is 28.9 Å². The standard InChI is InChI=1S/C28H36F2N2O4.C23H28F2N2O2/c1-27(2,3)36-26(34)32-23(14-18-12-21(29)16-22(30)13-18)24(33)17-31-28(9-10-28)20-7-4-6-19(15-20)25-8-5-11-35-25;24-18-9-15(10-19(25)13-18)11-20(26)21(28)14-27-23(6-7-23)17-4-1-3-16(12-17)22-5-2-8-29-22/h4,6-7,12-13,15-16,23-25,31,33H,5,8-11,14,17H2,1-3H3,(H,32,34);1,3-4,9-10,12-13,20-22,27-28H,2,5-8,11,14,26H2. The van der Waals surface area contributed by atoms with Crippen molar-refractivity contribution in [2.24, 2.45) is 5.73 Å². The molecule has 0 bridgehead atoms. The molecule has 2 aliphatic carbocycles. The van der Waals surface area contributed by atoms with Gasteiger partial charge in [0.15, 0.2) is 0 Å². The number of nitrogens with two attached hydrogens (primary N) is 1. The molecule has 352 valence electrons. The van der Waals surface area contributed by atoms with E-state index in [0.29, 0.717) is 17.7 Å². The van der Waals surface area contributed by atoms with E-state index in [-0.39, 0.29) is 42.7 Å². The SMILES string of the molecule is CC(C)(C)OC(=O)NC(Cc1cc(F)cc(F)c1)C(O)CNC1(c2cccc(C3CCCO3)c2)CC1.NC(Cc1cc(F)cc(F)c1)C(O)CNC1(c2cccc(C3CCCO3)c2)CC1. The molecule has 65 heavy (non-hydrogen) atoms. The third-order valence-corrected chi connectivity index (χ3v) is 12.7. The number of hydrogen-bond donors (Lipinski definition) is 6. The molecule has 0 aromatic heterocycles. The van der Waals surface area contributed by atoms with E-state index in [1.165, 1.54) is 35.4 Å². The molecule has 0 spiro atoms. The Morgan fingerprint density at radius 2 is 1.15 bits per heavy atom. The molecule has 2 heterocycles. The highest BCUT2D eigenvalue weighted by molar-refractivity contribution is 5.68. The number of halogens is 4. The van der Waals surface area contributed by atoms with Crippen LogP contribution >= 0.6 is 0 Å². The Morgan fingerprint density at radius 3 is 1.57 bits per heavy atom. The number of carbonyl (C=O) groups excluding carboxylic acids is 1. The molecule has 2 aliphatic heterocycles. The summed E-state index contributed by atoms with van der Waals surface area (Å²) >= 11 is 0. The fourth-order valence-corrected chi connectivity index (χ4v) is 8.89. The lowest BCUT2D eigenvalue weighted by molar-refractivity contribution is 0.0419. The number of aliphatic hydroxyl groups is 2. The Hall–Kier alpha value is -4.41. The number of nitrogens with one attached hydrogen (secondary N) is 3. The lowest BCUT2D eigenvalue weighted by atomic mass is 9.97. The predicted molar refractivity (Wildman–Crippen MR) is 240 cm³/mol. The molecular weight excluding hydrogens is 841 g/mol. The van der Waals surface area contributed by atoms with Gasteiger partial charge in [-0.25, -0.2) is 22.4 Å². The van der Waals surface area contributed by atoms with Crippen LogP contribution in [0.2, 0.25) is 0 Å². The Balaban J connectivity index is 0.000000198. The highest BCUT2D eigenvalue weighted by Gasteiger charge is 2.46. The zero-order valence-electron chi connectivity index (χ0n) is 37.6. The van der Waals surface area contributed by atoms with Crippen molar-refractivity contribution in [2.45, 2.75) is 138 Å². The van der Waals surface area contributed by atoms with Crippen LogP contribution in [0.5, 0.6) is 0 Å². The molecule has 7 N–H and O–H groups in total. The number of aliphatic hydroxyl groups excluding tert-OH is 2. The Labute approximate surface area is 379 Å². The van der Waals surface area contributed by atoms with Gasteiger partial charge in [0.25, 0.3) is 0 Å². The number of alkyl carbamates (subject to hydrolysis) is 1. The van der Waals surface area contributed by atoms with Gasteiger partial charge in [0.05, 0.1) is 30.5 Å². The number of benzene rings is 4. The third kappa shape index (κ3) is 13.6. The van der Waals surface area contributed by atoms with Crippen LogP contribution in [0.3, 0.4) is 0 Å². The molecule has 2 saturated heterocycles. The smallest absolute Gasteiger partial charge is 0.407 e. The topological polar surface area (TPSA) is 147 Å². The first kappa shape index (κ1) is 48.5. The van der Waals surface area contributed by atoms with Crippen LogP contribution in [-0.4, -0.2) is 72.5 Å². The molecular formula is C51H64F4N4O6. The molecule has 4 aromatic carbocycles. The van der Waals surface area contributed by atoms with Crippen molar-refractivity contribution in [3.63, 3.8) is 0 Å². The number of carbonyl (C=O) groups is 1. The maximum absolute atomic E-state index is 13.8. The summed E-state index contributed by atoms with van der Waals surface area (Å²) in [6.45, 7) is 7.32. The molecule has 6 atom stereocenters. The van der Waals surface area contributed by atoms with Gasteiger partial charge < -0.3 is 46.1 Å². The van der Waals surface area contributed by atoms with E-state index in [0.717, 1.165) is 87.8 Å². The van der Waals surface area contributed by atoms with E-state index >= 15 is 0 Å². The van der Waals surface area contributed by atoms with Crippen molar-refractivity contribution in [3.8, 4) is 0 Å². The average molecular weight is 905 g/mol. The van der Waals surface area contributed by atoms with E-state index in [9.17, 15) is 32.6 Å². The van der Waals surface area contributed by atoms with Crippen LogP contribution in [0.25, 0.3) is 0 Å². The summed E-state index contributed by atoms with van der Waals surface area (Å²) in [7, 11) is 0. The van der Waals surface area contributed by atoms with Gasteiger partial charge in [-0.1, -0.05) is 48.5 Å². The van der Waals surface area contributed by atoms with Crippen LogP contribution in [-0.2, 0) is 38.1 Å². The van der Waals surface area contributed by atoms with Crippen LogP contribution in [0, 0.1) is 23.3 Å². The Kier molecular flexibility index (Phi) is 15.7. The fourth-order valence-electron chi connectivity index (χ4n) is 8.89. The normalized spacial score (nSPS) is 21.4. The van der Waals surface area contributed by atoms with E-state index in [4.69, 9.17) is 19.9 Å². The predicted octanol–water partition coefficient (Wildman–Crippen LogP) is 8.22. The summed E-state index contributed by atoms with van der Waals surface area (Å²) in [5.74, 6) is -2.70. The Morgan fingerprint density at radius 1 is 0.708 bits per heavy atom. The maximum atomic E-state index is 13.8. The number of hydrogen-bond acceptors (Lipinski definition) is 9. The molecule has 1 amide bonds. The summed E-state index contributed by atoms with van der Waals surface area (Å²) in [6.07, 6.45) is 6.08. The van der Waals surface area contributed by atoms with E-state index < -0.39 is 59.3 Å². The van der Waals surface area contributed by atoms with Gasteiger partial charge in [-0.15, -0.1) is 0 Å². The van der Waals surface area contributed by atoms with Gasteiger partial charge >= 0.3 is 6.09 Å². The highest BCUT2D eigenvalue weighted by atomic mass is 19.1. The van der Waals surface area contributed by atoms with E-state index in [1.807, 2.05) is 6.07 Å². The van der Waals surface area contributed by atoms with Gasteiger partial charge in [-0.3, -0.25) is 0 Å². The minimum atomic E-state index is -1.03. The van der Waals surface area contributed by atoms with Crippen molar-refractivity contribution < 1.29 is 46.8 Å². The quantitative estimate of drug-likeness (QED) is 0.0578. The van der Waals surface area contributed by atoms with Crippen LogP contribution in [0.15, 0.2) is 84.9 Å². The van der Waals surface area contributed by atoms with Gasteiger partial charge in [0, 0.05) is 55.6 Å². The zero-order valence-corrected chi connectivity index (χ0v) is 37.6. The molecule has 0 radical (unpaired) electrons. The molecule has 14 heteroatoms. The summed E-state index contributed by atoms with van der Waals surface area (Å²) in [5, 5.41) is 31.2. The number of amides is 1. The number of ether oxygens (including phenoxy) is 3. The number of rotatable bonds is 17. The van der Waals surface area contributed by atoms with Crippen molar-refractivity contribution in [1.29, 1.82) is 0 Å². The van der Waals surface area contributed by atoms with Crippen LogP contribution < -0.4 is 21.7 Å². The average Bonchev–Trinajstić information content (AvgIpc) is 4.07. The van der Waals surface area contributed by atoms with Crippen molar-refractivity contribution in [2.75, 3.05) is 26.3 Å². The maximum Gasteiger partial charge on any atom is 0.407 e. The molecule has 10 nitrogen and oxygen atoms in total. The summed E-state index contributed by atoms with van der Waals surface area (Å²) < 4.78 is 71.3. The Bertz CT molecular complexity index is 2180. The third-order valence-electron chi connectivity index (χ3n) is 12.7. The van der Waals surface area contributed by atoms with E-state index in [1.54, 1.807) is 20.8 Å². The summed E-state index contributed by atoms with van der Waals surface area (Å²) in [4.78, 5) is 12.5. The highest BCUT2D eigenvalue weighted by Crippen LogP contribution is 2.47. The lowest BCUT2D eigenvalue weighted by Gasteiger charge is -2.29. The molecule has 8 rings (SSSR count). The lowest BCUT2D eigenvalue weighted by Crippen LogP contribution is -2.51. The first-order valence-corrected chi connectivity index (χ1v) is 22.9. The van der Waals surface area contributed by atoms with Gasteiger partial charge in [-0.05, 0) is 143 Å². The van der Waals surface area contributed by atoms with Crippen LogP contribution in [0.1, 0.15) is 118 Å². The minimum Gasteiger partial charge on any atom is -0.444 e. The molecule has 4 fully saturated rings. The van der Waals surface area contributed by atoms with Gasteiger partial charge in [-0.2, -0.15) is 0 Å².